The zero-order valence-corrected chi connectivity index (χ0v) is 23.1. The van der Waals surface area contributed by atoms with Crippen molar-refractivity contribution in [1.82, 2.24) is 25.9 Å². The molecule has 0 amide bonds. The van der Waals surface area contributed by atoms with Crippen molar-refractivity contribution in [2.24, 2.45) is 5.41 Å². The molecule has 2 aromatic heterocycles. The molecule has 0 spiro atoms. The summed E-state index contributed by atoms with van der Waals surface area (Å²) in [4.78, 5) is 8.28. The van der Waals surface area contributed by atoms with Gasteiger partial charge in [-0.1, -0.05) is 38.4 Å². The first-order chi connectivity index (χ1) is 19.7. The molecule has 3 heterocycles. The molecule has 0 bridgehead atoms. The largest absolute Gasteiger partial charge is 0.383 e. The van der Waals surface area contributed by atoms with E-state index >= 15 is 0 Å². The molecule has 0 saturated heterocycles. The molecule has 1 saturated carbocycles. The van der Waals surface area contributed by atoms with Crippen molar-refractivity contribution in [3.05, 3.63) is 70.2 Å². The Balaban J connectivity index is 1.61. The lowest BCUT2D eigenvalue weighted by molar-refractivity contribution is 0.00911. The average Bonchev–Trinajstić information content (AvgIpc) is 3.57. The van der Waals surface area contributed by atoms with Gasteiger partial charge in [0.25, 0.3) is 6.43 Å². The predicted octanol–water partition coefficient (Wildman–Crippen LogP) is 6.18. The molecule has 210 valence electrons. The van der Waals surface area contributed by atoms with Crippen molar-refractivity contribution in [2.45, 2.75) is 58.5 Å². The number of halogens is 4. The Kier molecular flexibility index (Phi) is 6.52. The van der Waals surface area contributed by atoms with E-state index in [2.05, 4.69) is 37.6 Å². The van der Waals surface area contributed by atoms with E-state index in [-0.39, 0.29) is 16.3 Å². The molecule has 5 rings (SSSR count). The molecular weight excluding hydrogens is 541 g/mol. The zero-order valence-electron chi connectivity index (χ0n) is 24.3. The minimum absolute atomic E-state index is 0.126. The molecule has 0 radical (unpaired) electrons. The highest BCUT2D eigenvalue weighted by Gasteiger charge is 2.56. The van der Waals surface area contributed by atoms with Crippen LogP contribution in [-0.2, 0) is 0 Å². The Bertz CT molecular complexity index is 1620. The van der Waals surface area contributed by atoms with Crippen LogP contribution in [0.2, 0.25) is 5.02 Å². The normalized spacial score (nSPS) is 18.0. The summed E-state index contributed by atoms with van der Waals surface area (Å²) in [6.45, 7) is 4.93. The molecule has 12 heteroatoms. The second-order valence-corrected chi connectivity index (χ2v) is 11.4. The van der Waals surface area contributed by atoms with Gasteiger partial charge in [-0.05, 0) is 43.4 Å². The maximum atomic E-state index is 13.9. The highest BCUT2D eigenvalue weighted by atomic mass is 35.5. The van der Waals surface area contributed by atoms with Gasteiger partial charge in [0.05, 0.1) is 33.5 Å². The molecule has 4 N–H and O–H groups in total. The number of hydrogen-bond acceptors (Lipinski definition) is 8. The van der Waals surface area contributed by atoms with Gasteiger partial charge in [-0.2, -0.15) is 9.65 Å². The fourth-order valence-electron chi connectivity index (χ4n) is 4.56. The van der Waals surface area contributed by atoms with E-state index < -0.39 is 35.9 Å². The van der Waals surface area contributed by atoms with E-state index in [9.17, 15) is 18.4 Å². The summed E-state index contributed by atoms with van der Waals surface area (Å²) in [5.74, 6) is -0.662. The van der Waals surface area contributed by atoms with E-state index in [1.54, 1.807) is 52.1 Å². The van der Waals surface area contributed by atoms with Gasteiger partial charge in [0.15, 0.2) is 0 Å². The number of nitrogens with one attached hydrogen (secondary N) is 4. The number of hydrazine groups is 2. The van der Waals surface area contributed by atoms with Crippen LogP contribution >= 0.6 is 11.6 Å². The summed E-state index contributed by atoms with van der Waals surface area (Å²) >= 11 is 6.66. The van der Waals surface area contributed by atoms with Crippen molar-refractivity contribution in [1.29, 1.82) is 5.26 Å². The topological polar surface area (TPSA) is 101 Å². The van der Waals surface area contributed by atoms with Gasteiger partial charge in [-0.15, -0.1) is 5.53 Å². The third-order valence-corrected chi connectivity index (χ3v) is 7.16. The highest BCUT2D eigenvalue weighted by molar-refractivity contribution is 6.35. The van der Waals surface area contributed by atoms with Crippen LogP contribution in [-0.4, -0.2) is 33.4 Å². The Morgan fingerprint density at radius 3 is 2.67 bits per heavy atom. The minimum atomic E-state index is -2.57. The van der Waals surface area contributed by atoms with Gasteiger partial charge in [-0.3, -0.25) is 9.99 Å². The smallest absolute Gasteiger partial charge is 0.262 e. The third-order valence-electron chi connectivity index (χ3n) is 6.87. The Hall–Kier alpha value is -3.75. The molecular formula is C28H30ClF3N8. The second kappa shape index (κ2) is 10.3. The van der Waals surface area contributed by atoms with Crippen LogP contribution in [0.15, 0.2) is 42.4 Å². The molecule has 8 nitrogen and oxygen atoms in total. The minimum Gasteiger partial charge on any atom is -0.383 e. The Labute approximate surface area is 238 Å². The summed E-state index contributed by atoms with van der Waals surface area (Å²) in [5, 5.41) is 18.0. The molecule has 2 aliphatic rings. The first kappa shape index (κ1) is 25.2. The number of anilines is 2. The zero-order chi connectivity index (χ0) is 30.6. The molecule has 1 aliphatic carbocycles. The lowest BCUT2D eigenvalue weighted by Gasteiger charge is -2.25. The highest BCUT2D eigenvalue weighted by Crippen LogP contribution is 2.47. The Morgan fingerprint density at radius 2 is 2.05 bits per heavy atom. The van der Waals surface area contributed by atoms with Crippen molar-refractivity contribution in [2.75, 3.05) is 17.1 Å². The number of pyridine rings is 2. The molecule has 1 aromatic carbocycles. The van der Waals surface area contributed by atoms with Crippen LogP contribution in [0.3, 0.4) is 0 Å². The van der Waals surface area contributed by atoms with E-state index in [1.807, 2.05) is 0 Å². The SMILES string of the molecule is [2H]C([2H])(Nc1c(C#N)cnc2c(Cl)cc(N[C@H](C3=CN(C4(C(F)F)CC4)NN3)c3ccc(F)nc3C)cc12)C(C)(C)C. The number of alkyl halides is 2. The van der Waals surface area contributed by atoms with Gasteiger partial charge in [0, 0.05) is 44.0 Å². The number of aryl methyl sites for hydroxylation is 1. The standard InChI is InChI=1S/C28H30ClF3N8/c1-15-18(5-6-22(30)36-15)25(21-13-40(39-38-21)28(7-8-28)26(31)32)37-17-9-19-23(35-14-27(2,3)4)16(11-33)12-34-24(19)20(29)10-17/h5-6,9-10,12-13,25-26,37-39H,7-8,14H2,1-4H3,(H,34,35)/t25-/m0/s1/i14D2. The second-order valence-electron chi connectivity index (χ2n) is 11.0. The molecule has 40 heavy (non-hydrogen) atoms. The summed E-state index contributed by atoms with van der Waals surface area (Å²) < 4.78 is 58.8. The fraction of sp³-hybridized carbons (Fsp3) is 0.393. The van der Waals surface area contributed by atoms with Gasteiger partial charge < -0.3 is 16.1 Å². The molecule has 3 aromatic rings. The number of benzene rings is 1. The van der Waals surface area contributed by atoms with Crippen LogP contribution in [0.4, 0.5) is 24.5 Å². The van der Waals surface area contributed by atoms with Crippen LogP contribution in [0.1, 0.15) is 59.2 Å². The lowest BCUT2D eigenvalue weighted by Crippen LogP contribution is -2.48. The number of hydrogen-bond donors (Lipinski definition) is 4. The van der Waals surface area contributed by atoms with Crippen LogP contribution in [0.5, 0.6) is 0 Å². The fourth-order valence-corrected chi connectivity index (χ4v) is 4.82. The monoisotopic (exact) mass is 572 g/mol. The van der Waals surface area contributed by atoms with E-state index in [4.69, 9.17) is 14.3 Å². The van der Waals surface area contributed by atoms with Crippen LogP contribution in [0, 0.1) is 29.6 Å². The predicted molar refractivity (Wildman–Crippen MR) is 149 cm³/mol. The van der Waals surface area contributed by atoms with E-state index in [0.29, 0.717) is 46.4 Å². The summed E-state index contributed by atoms with van der Waals surface area (Å²) in [5.41, 5.74) is 6.22. The summed E-state index contributed by atoms with van der Waals surface area (Å²) in [6.07, 6.45) is 0.977. The molecule has 1 atom stereocenters. The third kappa shape index (κ3) is 5.33. The van der Waals surface area contributed by atoms with Crippen LogP contribution < -0.4 is 21.6 Å². The lowest BCUT2D eigenvalue weighted by atomic mass is 9.96. The number of nitrogens with zero attached hydrogens (tertiary/aromatic N) is 4. The summed E-state index contributed by atoms with van der Waals surface area (Å²) in [6, 6.07) is 7.41. The first-order valence-electron chi connectivity index (χ1n) is 13.7. The van der Waals surface area contributed by atoms with E-state index in [0.717, 1.165) is 0 Å². The van der Waals surface area contributed by atoms with Crippen molar-refractivity contribution < 1.29 is 15.9 Å². The number of rotatable bonds is 8. The summed E-state index contributed by atoms with van der Waals surface area (Å²) in [7, 11) is 0. The molecule has 1 aliphatic heterocycles. The quantitative estimate of drug-likeness (QED) is 0.238. The Morgan fingerprint density at radius 1 is 1.30 bits per heavy atom. The maximum absolute atomic E-state index is 13.9. The van der Waals surface area contributed by atoms with Gasteiger partial charge in [0.1, 0.15) is 11.6 Å². The number of nitriles is 1. The van der Waals surface area contributed by atoms with Crippen molar-refractivity contribution >= 4 is 33.9 Å². The molecule has 1 fully saturated rings. The van der Waals surface area contributed by atoms with Crippen molar-refractivity contribution in [3.8, 4) is 6.07 Å². The average molecular weight is 573 g/mol. The van der Waals surface area contributed by atoms with Gasteiger partial charge in [0.2, 0.25) is 5.95 Å². The molecule has 0 unspecified atom stereocenters. The van der Waals surface area contributed by atoms with Gasteiger partial charge in [-0.25, -0.2) is 13.8 Å². The van der Waals surface area contributed by atoms with Crippen molar-refractivity contribution in [3.63, 3.8) is 0 Å². The van der Waals surface area contributed by atoms with Crippen LogP contribution in [0.25, 0.3) is 10.9 Å². The number of fused-ring (bicyclic) bond motifs is 1. The first-order valence-corrected chi connectivity index (χ1v) is 13.1. The van der Waals surface area contributed by atoms with E-state index in [1.165, 1.54) is 17.3 Å². The maximum Gasteiger partial charge on any atom is 0.262 e. The number of aromatic nitrogens is 2. The van der Waals surface area contributed by atoms with Gasteiger partial charge >= 0.3 is 0 Å².